The Morgan fingerprint density at radius 3 is 2.74 bits per heavy atom. The molecule has 0 bridgehead atoms. The highest BCUT2D eigenvalue weighted by molar-refractivity contribution is 5.37. The zero-order valence-electron chi connectivity index (χ0n) is 12.3. The number of likely N-dealkylation sites (tertiary alicyclic amines) is 1. The highest BCUT2D eigenvalue weighted by Crippen LogP contribution is 2.35. The molecule has 1 heterocycles. The average Bonchev–Trinajstić information content (AvgIpc) is 3.02. The molecule has 3 heteroatoms. The van der Waals surface area contributed by atoms with E-state index in [-0.39, 0.29) is 0 Å². The van der Waals surface area contributed by atoms with E-state index in [4.69, 9.17) is 0 Å². The molecule has 3 rings (SSSR count). The van der Waals surface area contributed by atoms with Gasteiger partial charge >= 0.3 is 0 Å². The van der Waals surface area contributed by atoms with Gasteiger partial charge in [-0.3, -0.25) is 4.90 Å². The topological polar surface area (TPSA) is 18.5 Å². The van der Waals surface area contributed by atoms with E-state index in [1.807, 2.05) is 0 Å². The van der Waals surface area contributed by atoms with E-state index in [0.717, 1.165) is 6.04 Å². The summed E-state index contributed by atoms with van der Waals surface area (Å²) in [4.78, 5) is 5.06. The van der Waals surface area contributed by atoms with Crippen molar-refractivity contribution in [3.8, 4) is 0 Å². The highest BCUT2D eigenvalue weighted by Gasteiger charge is 2.38. The summed E-state index contributed by atoms with van der Waals surface area (Å²) in [7, 11) is 6.50. The number of hydrogen-bond donors (Lipinski definition) is 1. The Kier molecular flexibility index (Phi) is 3.61. The first-order chi connectivity index (χ1) is 9.20. The van der Waals surface area contributed by atoms with Crippen molar-refractivity contribution in [3.63, 3.8) is 0 Å². The van der Waals surface area contributed by atoms with Crippen molar-refractivity contribution in [1.82, 2.24) is 15.1 Å². The smallest absolute Gasteiger partial charge is 0.0481 e. The van der Waals surface area contributed by atoms with E-state index >= 15 is 0 Å². The molecule has 0 amide bonds. The van der Waals surface area contributed by atoms with Crippen LogP contribution in [0.1, 0.15) is 23.6 Å². The largest absolute Gasteiger partial charge is 0.312 e. The molecule has 1 aromatic carbocycles. The zero-order chi connectivity index (χ0) is 13.4. The molecule has 0 saturated carbocycles. The molecule has 104 valence electrons. The minimum Gasteiger partial charge on any atom is -0.312 e. The van der Waals surface area contributed by atoms with Crippen molar-refractivity contribution in [2.45, 2.75) is 31.0 Å². The molecule has 3 nitrogen and oxygen atoms in total. The van der Waals surface area contributed by atoms with Gasteiger partial charge in [-0.2, -0.15) is 0 Å². The predicted molar refractivity (Wildman–Crippen MR) is 79.4 cm³/mol. The van der Waals surface area contributed by atoms with Crippen molar-refractivity contribution in [3.05, 3.63) is 35.4 Å². The van der Waals surface area contributed by atoms with Crippen molar-refractivity contribution in [2.75, 3.05) is 34.2 Å². The maximum absolute atomic E-state index is 3.54. The van der Waals surface area contributed by atoms with E-state index in [1.54, 1.807) is 0 Å². The van der Waals surface area contributed by atoms with Crippen molar-refractivity contribution in [1.29, 1.82) is 0 Å². The quantitative estimate of drug-likeness (QED) is 0.887. The van der Waals surface area contributed by atoms with Gasteiger partial charge in [0.15, 0.2) is 0 Å². The lowest BCUT2D eigenvalue weighted by Gasteiger charge is -2.30. The van der Waals surface area contributed by atoms with Gasteiger partial charge in [-0.1, -0.05) is 24.3 Å². The molecule has 1 N–H and O–H groups in total. The molecule has 1 fully saturated rings. The summed E-state index contributed by atoms with van der Waals surface area (Å²) >= 11 is 0. The Morgan fingerprint density at radius 2 is 2.05 bits per heavy atom. The zero-order valence-corrected chi connectivity index (χ0v) is 12.3. The predicted octanol–water partition coefficient (Wildman–Crippen LogP) is 1.51. The molecule has 1 saturated heterocycles. The summed E-state index contributed by atoms with van der Waals surface area (Å²) in [5, 5.41) is 3.54. The third-order valence-corrected chi connectivity index (χ3v) is 4.91. The molecule has 0 radical (unpaired) electrons. The molecule has 0 aromatic heterocycles. The van der Waals surface area contributed by atoms with Crippen molar-refractivity contribution in [2.24, 2.45) is 0 Å². The van der Waals surface area contributed by atoms with E-state index < -0.39 is 0 Å². The SMILES string of the molecule is CNC1c2ccccc2CC1N1CCC(N(C)C)C1. The lowest BCUT2D eigenvalue weighted by Crippen LogP contribution is -2.42. The lowest BCUT2D eigenvalue weighted by atomic mass is 10.1. The molecule has 1 aliphatic heterocycles. The number of nitrogens with zero attached hydrogens (tertiary/aromatic N) is 2. The minimum atomic E-state index is 0.497. The third-order valence-electron chi connectivity index (χ3n) is 4.91. The first kappa shape index (κ1) is 13.1. The Labute approximate surface area is 116 Å². The van der Waals surface area contributed by atoms with Crippen LogP contribution in [0.3, 0.4) is 0 Å². The Bertz CT molecular complexity index is 443. The van der Waals surface area contributed by atoms with Gasteiger partial charge in [0, 0.05) is 31.2 Å². The Morgan fingerprint density at radius 1 is 1.26 bits per heavy atom. The van der Waals surface area contributed by atoms with Gasteiger partial charge < -0.3 is 10.2 Å². The number of rotatable bonds is 3. The summed E-state index contributed by atoms with van der Waals surface area (Å²) in [6.07, 6.45) is 2.50. The van der Waals surface area contributed by atoms with Crippen LogP contribution in [-0.2, 0) is 6.42 Å². The summed E-state index contributed by atoms with van der Waals surface area (Å²) in [6, 6.07) is 10.8. The fourth-order valence-corrected chi connectivity index (χ4v) is 3.75. The molecule has 2 aliphatic rings. The minimum absolute atomic E-state index is 0.497. The number of fused-ring (bicyclic) bond motifs is 1. The lowest BCUT2D eigenvalue weighted by molar-refractivity contribution is 0.189. The van der Waals surface area contributed by atoms with Crippen LogP contribution in [0.15, 0.2) is 24.3 Å². The van der Waals surface area contributed by atoms with Crippen LogP contribution in [0.25, 0.3) is 0 Å². The maximum atomic E-state index is 3.54. The van der Waals surface area contributed by atoms with Crippen LogP contribution in [0, 0.1) is 0 Å². The fourth-order valence-electron chi connectivity index (χ4n) is 3.75. The molecule has 19 heavy (non-hydrogen) atoms. The number of benzene rings is 1. The standard InChI is InChI=1S/C16H25N3/c1-17-16-14-7-5-4-6-12(14)10-15(16)19-9-8-13(11-19)18(2)3/h4-7,13,15-17H,8-11H2,1-3H3. The van der Waals surface area contributed by atoms with Crippen LogP contribution in [0.4, 0.5) is 0 Å². The van der Waals surface area contributed by atoms with Gasteiger partial charge in [0.2, 0.25) is 0 Å². The van der Waals surface area contributed by atoms with Crippen molar-refractivity contribution < 1.29 is 0 Å². The highest BCUT2D eigenvalue weighted by atomic mass is 15.3. The van der Waals surface area contributed by atoms with Gasteiger partial charge in [0.25, 0.3) is 0 Å². The van der Waals surface area contributed by atoms with Crippen LogP contribution < -0.4 is 5.32 Å². The van der Waals surface area contributed by atoms with E-state index in [1.165, 1.54) is 37.1 Å². The second kappa shape index (κ2) is 5.23. The van der Waals surface area contributed by atoms with Gasteiger partial charge in [-0.15, -0.1) is 0 Å². The number of nitrogens with one attached hydrogen (secondary N) is 1. The second-order valence-corrected chi connectivity index (χ2v) is 6.14. The van der Waals surface area contributed by atoms with Gasteiger partial charge in [-0.05, 0) is 45.1 Å². The molecule has 3 atom stereocenters. The van der Waals surface area contributed by atoms with Crippen molar-refractivity contribution >= 4 is 0 Å². The van der Waals surface area contributed by atoms with Crippen LogP contribution in [0.2, 0.25) is 0 Å². The number of hydrogen-bond acceptors (Lipinski definition) is 3. The average molecular weight is 259 g/mol. The van der Waals surface area contributed by atoms with Crippen LogP contribution in [0.5, 0.6) is 0 Å². The van der Waals surface area contributed by atoms with Crippen LogP contribution >= 0.6 is 0 Å². The van der Waals surface area contributed by atoms with E-state index in [9.17, 15) is 0 Å². The van der Waals surface area contributed by atoms with Gasteiger partial charge in [0.1, 0.15) is 0 Å². The summed E-state index contributed by atoms with van der Waals surface area (Å²) in [5.74, 6) is 0. The monoisotopic (exact) mass is 259 g/mol. The first-order valence-electron chi connectivity index (χ1n) is 7.36. The Balaban J connectivity index is 1.77. The summed E-state index contributed by atoms with van der Waals surface area (Å²) in [5.41, 5.74) is 3.03. The molecule has 1 aromatic rings. The van der Waals surface area contributed by atoms with E-state index in [2.05, 4.69) is 60.5 Å². The molecular formula is C16H25N3. The molecule has 3 unspecified atom stereocenters. The van der Waals surface area contributed by atoms with Gasteiger partial charge in [0.05, 0.1) is 0 Å². The van der Waals surface area contributed by atoms with Gasteiger partial charge in [-0.25, -0.2) is 0 Å². The number of likely N-dealkylation sites (N-methyl/N-ethyl adjacent to an activating group) is 2. The maximum Gasteiger partial charge on any atom is 0.0481 e. The third kappa shape index (κ3) is 2.31. The summed E-state index contributed by atoms with van der Waals surface area (Å²) < 4.78 is 0. The summed E-state index contributed by atoms with van der Waals surface area (Å²) in [6.45, 7) is 2.45. The molecular weight excluding hydrogens is 234 g/mol. The fraction of sp³-hybridized carbons (Fsp3) is 0.625. The Hall–Kier alpha value is -0.900. The molecule has 1 aliphatic carbocycles. The second-order valence-electron chi connectivity index (χ2n) is 6.14. The first-order valence-corrected chi connectivity index (χ1v) is 7.36. The molecule has 0 spiro atoms. The van der Waals surface area contributed by atoms with Crippen LogP contribution in [-0.4, -0.2) is 56.1 Å². The normalized spacial score (nSPS) is 31.1. The van der Waals surface area contributed by atoms with E-state index in [0.29, 0.717) is 12.1 Å².